The number of benzene rings is 1. The molecule has 6 heteroatoms. The largest absolute Gasteiger partial charge is 0.416 e. The van der Waals surface area contributed by atoms with Gasteiger partial charge in [0.05, 0.1) is 11.7 Å². The van der Waals surface area contributed by atoms with Crippen molar-refractivity contribution in [2.24, 2.45) is 0 Å². The maximum atomic E-state index is 12.6. The molecule has 1 unspecified atom stereocenters. The van der Waals surface area contributed by atoms with Gasteiger partial charge in [0.1, 0.15) is 5.15 Å². The number of nitrogens with zero attached hydrogens (tertiary/aromatic N) is 1. The number of aliphatic hydroxyl groups excluding tert-OH is 1. The van der Waals surface area contributed by atoms with Crippen LogP contribution < -0.4 is 0 Å². The van der Waals surface area contributed by atoms with Crippen LogP contribution in [0.2, 0.25) is 5.15 Å². The maximum Gasteiger partial charge on any atom is 0.416 e. The summed E-state index contributed by atoms with van der Waals surface area (Å²) >= 11 is 5.71. The van der Waals surface area contributed by atoms with Gasteiger partial charge in [0.2, 0.25) is 0 Å². The van der Waals surface area contributed by atoms with Crippen molar-refractivity contribution in [2.75, 3.05) is 0 Å². The van der Waals surface area contributed by atoms with Gasteiger partial charge in [0, 0.05) is 12.6 Å². The van der Waals surface area contributed by atoms with Crippen molar-refractivity contribution >= 4 is 11.6 Å². The molecule has 1 N–H and O–H groups in total. The summed E-state index contributed by atoms with van der Waals surface area (Å²) in [7, 11) is 0. The summed E-state index contributed by atoms with van der Waals surface area (Å²) in [6.07, 6.45) is -3.81. The Morgan fingerprint density at radius 1 is 1.20 bits per heavy atom. The number of hydrogen-bond donors (Lipinski definition) is 1. The lowest BCUT2D eigenvalue weighted by atomic mass is 10.0. The monoisotopic (exact) mass is 301 g/mol. The fourth-order valence-electron chi connectivity index (χ4n) is 1.84. The van der Waals surface area contributed by atoms with Crippen LogP contribution in [-0.2, 0) is 12.6 Å². The van der Waals surface area contributed by atoms with Gasteiger partial charge in [0.15, 0.2) is 0 Å². The van der Waals surface area contributed by atoms with Crippen molar-refractivity contribution in [2.45, 2.75) is 18.7 Å². The van der Waals surface area contributed by atoms with Crippen LogP contribution in [0.25, 0.3) is 0 Å². The number of rotatable bonds is 3. The molecule has 0 bridgehead atoms. The van der Waals surface area contributed by atoms with E-state index in [1.807, 2.05) is 0 Å². The molecule has 0 saturated heterocycles. The minimum Gasteiger partial charge on any atom is -0.388 e. The number of aromatic nitrogens is 1. The molecule has 0 spiro atoms. The SMILES string of the molecule is OC(Cc1cccc(C(F)(F)F)c1)c1ccnc(Cl)c1. The van der Waals surface area contributed by atoms with E-state index in [-0.39, 0.29) is 11.6 Å². The first kappa shape index (κ1) is 14.8. The van der Waals surface area contributed by atoms with E-state index < -0.39 is 17.8 Å². The van der Waals surface area contributed by atoms with E-state index in [1.54, 1.807) is 12.1 Å². The van der Waals surface area contributed by atoms with Crippen molar-refractivity contribution in [1.29, 1.82) is 0 Å². The van der Waals surface area contributed by atoms with E-state index >= 15 is 0 Å². The smallest absolute Gasteiger partial charge is 0.388 e. The molecule has 0 saturated carbocycles. The molecule has 2 rings (SSSR count). The molecule has 1 heterocycles. The molecule has 0 radical (unpaired) electrons. The van der Waals surface area contributed by atoms with Crippen LogP contribution in [0.5, 0.6) is 0 Å². The van der Waals surface area contributed by atoms with Crippen molar-refractivity contribution in [3.63, 3.8) is 0 Å². The Balaban J connectivity index is 2.18. The fraction of sp³-hybridized carbons (Fsp3) is 0.214. The second-order valence-electron chi connectivity index (χ2n) is 4.33. The second-order valence-corrected chi connectivity index (χ2v) is 4.72. The van der Waals surface area contributed by atoms with Gasteiger partial charge in [0.25, 0.3) is 0 Å². The molecule has 1 atom stereocenters. The van der Waals surface area contributed by atoms with Crippen molar-refractivity contribution in [1.82, 2.24) is 4.98 Å². The first-order chi connectivity index (χ1) is 9.36. The van der Waals surface area contributed by atoms with Crippen LogP contribution in [-0.4, -0.2) is 10.1 Å². The number of hydrogen-bond acceptors (Lipinski definition) is 2. The van der Waals surface area contributed by atoms with Gasteiger partial charge >= 0.3 is 6.18 Å². The standard InChI is InChI=1S/C14H11ClF3NO/c15-13-8-10(4-5-19-13)12(20)7-9-2-1-3-11(6-9)14(16,17)18/h1-6,8,12,20H,7H2. The van der Waals surface area contributed by atoms with Crippen molar-refractivity contribution < 1.29 is 18.3 Å². The highest BCUT2D eigenvalue weighted by molar-refractivity contribution is 6.29. The molecule has 0 fully saturated rings. The molecule has 0 aliphatic heterocycles. The summed E-state index contributed by atoms with van der Waals surface area (Å²) in [4.78, 5) is 3.78. The highest BCUT2D eigenvalue weighted by atomic mass is 35.5. The number of pyridine rings is 1. The molecule has 2 nitrogen and oxygen atoms in total. The third-order valence-corrected chi connectivity index (χ3v) is 3.03. The third-order valence-electron chi connectivity index (χ3n) is 2.82. The van der Waals surface area contributed by atoms with Gasteiger partial charge in [-0.25, -0.2) is 4.98 Å². The van der Waals surface area contributed by atoms with E-state index in [0.717, 1.165) is 12.1 Å². The summed E-state index contributed by atoms with van der Waals surface area (Å²) in [6.45, 7) is 0. The van der Waals surface area contributed by atoms with E-state index in [2.05, 4.69) is 4.98 Å². The van der Waals surface area contributed by atoms with Crippen LogP contribution in [0, 0.1) is 0 Å². The Hall–Kier alpha value is -1.59. The predicted molar refractivity (Wildman–Crippen MR) is 69.4 cm³/mol. The fourth-order valence-corrected chi connectivity index (χ4v) is 2.02. The molecule has 0 aliphatic carbocycles. The van der Waals surface area contributed by atoms with Gasteiger partial charge in [-0.1, -0.05) is 29.8 Å². The van der Waals surface area contributed by atoms with Crippen LogP contribution in [0.4, 0.5) is 13.2 Å². The zero-order valence-corrected chi connectivity index (χ0v) is 11.0. The average Bonchev–Trinajstić information content (AvgIpc) is 2.38. The van der Waals surface area contributed by atoms with Gasteiger partial charge in [-0.3, -0.25) is 0 Å². The van der Waals surface area contributed by atoms with Crippen molar-refractivity contribution in [3.8, 4) is 0 Å². The lowest BCUT2D eigenvalue weighted by Crippen LogP contribution is -2.07. The Morgan fingerprint density at radius 2 is 1.95 bits per heavy atom. The Labute approximate surface area is 118 Å². The van der Waals surface area contributed by atoms with Crippen LogP contribution in [0.1, 0.15) is 22.8 Å². The molecule has 0 aliphatic rings. The number of alkyl halides is 3. The minimum absolute atomic E-state index is 0.0737. The molecule has 106 valence electrons. The summed E-state index contributed by atoms with van der Waals surface area (Å²) in [5.41, 5.74) is 0.192. The van der Waals surface area contributed by atoms with Crippen LogP contribution >= 0.6 is 11.6 Å². The number of aliphatic hydroxyl groups is 1. The highest BCUT2D eigenvalue weighted by Gasteiger charge is 2.30. The molecular weight excluding hydrogens is 291 g/mol. The lowest BCUT2D eigenvalue weighted by molar-refractivity contribution is -0.137. The van der Waals surface area contributed by atoms with Crippen LogP contribution in [0.3, 0.4) is 0 Å². The highest BCUT2D eigenvalue weighted by Crippen LogP contribution is 2.30. The predicted octanol–water partition coefficient (Wildman–Crippen LogP) is 4.03. The van der Waals surface area contributed by atoms with E-state index in [9.17, 15) is 18.3 Å². The Kier molecular flexibility index (Phi) is 4.30. The Morgan fingerprint density at radius 3 is 2.60 bits per heavy atom. The summed E-state index contributed by atoms with van der Waals surface area (Å²) in [6, 6.07) is 7.96. The molecule has 1 aromatic carbocycles. The molecule has 0 amide bonds. The first-order valence-electron chi connectivity index (χ1n) is 5.82. The molecule has 20 heavy (non-hydrogen) atoms. The average molecular weight is 302 g/mol. The zero-order chi connectivity index (χ0) is 14.8. The van der Waals surface area contributed by atoms with E-state index in [1.165, 1.54) is 18.3 Å². The van der Waals surface area contributed by atoms with Gasteiger partial charge < -0.3 is 5.11 Å². The third kappa shape index (κ3) is 3.71. The summed E-state index contributed by atoms with van der Waals surface area (Å²) in [5.74, 6) is 0. The van der Waals surface area contributed by atoms with Crippen LogP contribution in [0.15, 0.2) is 42.6 Å². The quantitative estimate of drug-likeness (QED) is 0.868. The minimum atomic E-state index is -4.39. The summed E-state index contributed by atoms with van der Waals surface area (Å²) in [5, 5.41) is 10.3. The molecular formula is C14H11ClF3NO. The van der Waals surface area contributed by atoms with Crippen molar-refractivity contribution in [3.05, 3.63) is 64.4 Å². The molecule has 2 aromatic rings. The van der Waals surface area contributed by atoms with Gasteiger partial charge in [-0.15, -0.1) is 0 Å². The molecule has 1 aromatic heterocycles. The van der Waals surface area contributed by atoms with Gasteiger partial charge in [-0.2, -0.15) is 13.2 Å². The van der Waals surface area contributed by atoms with E-state index in [0.29, 0.717) is 11.1 Å². The lowest BCUT2D eigenvalue weighted by Gasteiger charge is -2.13. The topological polar surface area (TPSA) is 33.1 Å². The van der Waals surface area contributed by atoms with Gasteiger partial charge in [-0.05, 0) is 29.3 Å². The Bertz CT molecular complexity index is 601. The second kappa shape index (κ2) is 5.81. The maximum absolute atomic E-state index is 12.6. The first-order valence-corrected chi connectivity index (χ1v) is 6.20. The van der Waals surface area contributed by atoms with E-state index in [4.69, 9.17) is 11.6 Å². The zero-order valence-electron chi connectivity index (χ0n) is 10.2. The summed E-state index contributed by atoms with van der Waals surface area (Å²) < 4.78 is 37.8. The number of halogens is 4. The normalized spacial score (nSPS) is 13.2.